The molecule has 1 atom stereocenters. The van der Waals surface area contributed by atoms with Crippen LogP contribution in [0.2, 0.25) is 8.76 Å². The van der Waals surface area contributed by atoms with Crippen molar-refractivity contribution in [2.75, 3.05) is 13.1 Å². The Morgan fingerprint density at radius 2 is 2.17 bits per heavy atom. The summed E-state index contributed by atoms with van der Waals surface area (Å²) in [6.07, 6.45) is -1.61. The summed E-state index contributed by atoms with van der Waals surface area (Å²) in [6.45, 7) is 1.21. The molecule has 1 heterocycles. The molecule has 12 heavy (non-hydrogen) atoms. The van der Waals surface area contributed by atoms with Crippen LogP contribution in [0.5, 0.6) is 0 Å². The van der Waals surface area contributed by atoms with E-state index in [0.717, 1.165) is 6.42 Å². The first-order valence-corrected chi connectivity index (χ1v) is 8.91. The molecule has 5 heteroatoms. The van der Waals surface area contributed by atoms with E-state index < -0.39 is 6.10 Å². The molecular formula is C7H15AtNO3. The van der Waals surface area contributed by atoms with E-state index in [-0.39, 0.29) is 23.2 Å². The fraction of sp³-hybridized carbons (Fsp3) is 1.00. The third-order valence-electron chi connectivity index (χ3n) is 2.08. The van der Waals surface area contributed by atoms with Crippen molar-refractivity contribution in [3.63, 3.8) is 0 Å². The van der Waals surface area contributed by atoms with Gasteiger partial charge >= 0.3 is 83.7 Å². The summed E-state index contributed by atoms with van der Waals surface area (Å²) in [7, 11) is 0. The first-order valence-electron chi connectivity index (χ1n) is 3.90. The Bertz CT molecular complexity index is 148. The van der Waals surface area contributed by atoms with Crippen molar-refractivity contribution in [1.82, 2.24) is 4.90 Å². The Balaban J connectivity index is 2.35. The molecule has 4 nitrogen and oxygen atoms in total. The van der Waals surface area contributed by atoms with Gasteiger partial charge in [0.15, 0.2) is 0 Å². The van der Waals surface area contributed by atoms with E-state index in [9.17, 15) is 0 Å². The Morgan fingerprint density at radius 1 is 1.50 bits per heavy atom. The number of hydrogen-bond donors (Lipinski definition) is 3. The minimum atomic E-state index is -2.59. The fourth-order valence-electron chi connectivity index (χ4n) is 1.45. The SMILES string of the molecule is C[At]CC1CCN(C(O)(O)O)C1. The van der Waals surface area contributed by atoms with Crippen LogP contribution in [0.25, 0.3) is 0 Å². The van der Waals surface area contributed by atoms with Crippen LogP contribution in [0.15, 0.2) is 0 Å². The second kappa shape index (κ2) is 4.29. The quantitative estimate of drug-likeness (QED) is 0.583. The molecule has 1 unspecified atom stereocenters. The van der Waals surface area contributed by atoms with Crippen molar-refractivity contribution in [1.29, 1.82) is 0 Å². The molecule has 0 aromatic carbocycles. The molecule has 1 aliphatic heterocycles. The van der Waals surface area contributed by atoms with Gasteiger partial charge in [-0.1, -0.05) is 0 Å². The molecule has 1 aliphatic rings. The fourth-order valence-corrected chi connectivity index (χ4v) is 4.13. The number of likely N-dealkylation sites (tertiary alicyclic amines) is 1. The predicted octanol–water partition coefficient (Wildman–Crippen LogP) is -0.552. The van der Waals surface area contributed by atoms with Crippen molar-refractivity contribution in [3.8, 4) is 0 Å². The molecule has 3 N–H and O–H groups in total. The van der Waals surface area contributed by atoms with E-state index in [1.165, 1.54) is 9.03 Å². The number of nitrogens with zero attached hydrogens (tertiary/aromatic N) is 1. The van der Waals surface area contributed by atoms with E-state index in [0.29, 0.717) is 19.0 Å². The van der Waals surface area contributed by atoms with Gasteiger partial charge in [-0.05, 0) is 0 Å². The van der Waals surface area contributed by atoms with Gasteiger partial charge in [0.25, 0.3) is 0 Å². The first kappa shape index (κ1) is 10.8. The van der Waals surface area contributed by atoms with Crippen LogP contribution in [0.4, 0.5) is 0 Å². The summed E-state index contributed by atoms with van der Waals surface area (Å²) < 4.78 is 3.50. The Hall–Kier alpha value is 0.723. The van der Waals surface area contributed by atoms with Gasteiger partial charge in [0.05, 0.1) is 0 Å². The van der Waals surface area contributed by atoms with Crippen molar-refractivity contribution >= 4 is 0 Å². The normalized spacial score (nSPS) is 26.5. The Labute approximate surface area is 83.8 Å². The zero-order valence-electron chi connectivity index (χ0n) is 7.07. The molecule has 1 radical (unpaired) electrons. The standard InChI is InChI=1S/C7H15AtNO3/c1-8-4-6-2-3-9(5-6)7(10,11)12/h6,10-12H,2-5H2,1H3. The van der Waals surface area contributed by atoms with Gasteiger partial charge in [-0.25, -0.2) is 0 Å². The Kier molecular flexibility index (Phi) is 3.86. The van der Waals surface area contributed by atoms with Crippen molar-refractivity contribution in [3.05, 3.63) is 0 Å². The summed E-state index contributed by atoms with van der Waals surface area (Å²) in [6, 6.07) is 0. The molecule has 0 aliphatic carbocycles. The van der Waals surface area contributed by atoms with Crippen molar-refractivity contribution in [2.45, 2.75) is 21.3 Å². The molecule has 0 spiro atoms. The molecule has 73 valence electrons. The zero-order chi connectivity index (χ0) is 9.19. The molecule has 0 bridgehead atoms. The van der Waals surface area contributed by atoms with Gasteiger partial charge in [-0.2, -0.15) is 0 Å². The molecule has 0 aromatic heterocycles. The van der Waals surface area contributed by atoms with E-state index in [1.807, 2.05) is 0 Å². The van der Waals surface area contributed by atoms with Crippen LogP contribution >= 0.6 is 0 Å². The number of hydrogen-bond acceptors (Lipinski definition) is 4. The number of aliphatic hydroxyl groups is 3. The minimum absolute atomic E-state index is 0.0593. The predicted molar refractivity (Wildman–Crippen MR) is 39.7 cm³/mol. The third-order valence-corrected chi connectivity index (χ3v) is 4.98. The maximum absolute atomic E-state index is 8.85. The van der Waals surface area contributed by atoms with Gasteiger partial charge in [0.2, 0.25) is 0 Å². The first-order chi connectivity index (χ1) is 5.54. The van der Waals surface area contributed by atoms with Crippen molar-refractivity contribution in [2.24, 2.45) is 5.92 Å². The van der Waals surface area contributed by atoms with Crippen LogP contribution in [0.3, 0.4) is 0 Å². The average Bonchev–Trinajstić information content (AvgIpc) is 2.35. The monoisotopic (exact) mass is 371 g/mol. The second-order valence-corrected chi connectivity index (χ2v) is 6.40. The van der Waals surface area contributed by atoms with Gasteiger partial charge < -0.3 is 0 Å². The number of rotatable bonds is 3. The molecule has 1 saturated heterocycles. The third kappa shape index (κ3) is 2.89. The molecular weight excluding hydrogens is 356 g/mol. The summed E-state index contributed by atoms with van der Waals surface area (Å²) in [5, 5.41) is 26.6. The van der Waals surface area contributed by atoms with Crippen LogP contribution < -0.4 is 0 Å². The van der Waals surface area contributed by atoms with Gasteiger partial charge in [-0.3, -0.25) is 0 Å². The van der Waals surface area contributed by atoms with Crippen LogP contribution in [-0.2, 0) is 0 Å². The van der Waals surface area contributed by atoms with E-state index in [2.05, 4.69) is 4.63 Å². The molecule has 0 saturated carbocycles. The van der Waals surface area contributed by atoms with E-state index in [1.54, 1.807) is 0 Å². The summed E-state index contributed by atoms with van der Waals surface area (Å²) >= 11 is -0.0593. The van der Waals surface area contributed by atoms with Gasteiger partial charge in [0, 0.05) is 0 Å². The molecule has 1 fully saturated rings. The van der Waals surface area contributed by atoms with E-state index in [4.69, 9.17) is 15.3 Å². The van der Waals surface area contributed by atoms with Crippen molar-refractivity contribution < 1.29 is 38.6 Å². The van der Waals surface area contributed by atoms with Crippen LogP contribution in [0.1, 0.15) is 6.42 Å². The van der Waals surface area contributed by atoms with Crippen LogP contribution in [0, 0.1) is 29.2 Å². The second-order valence-electron chi connectivity index (χ2n) is 3.12. The summed E-state index contributed by atoms with van der Waals surface area (Å²) in [4.78, 5) is 1.31. The molecule has 0 aromatic rings. The summed E-state index contributed by atoms with van der Waals surface area (Å²) in [5.74, 6) is 0.569. The van der Waals surface area contributed by atoms with Gasteiger partial charge in [-0.15, -0.1) is 0 Å². The maximum atomic E-state index is 8.85. The zero-order valence-corrected chi connectivity index (χ0v) is 10.0. The van der Waals surface area contributed by atoms with Crippen LogP contribution in [-0.4, -0.2) is 39.4 Å². The van der Waals surface area contributed by atoms with Gasteiger partial charge in [0.1, 0.15) is 0 Å². The molecule has 0 amide bonds. The summed E-state index contributed by atoms with van der Waals surface area (Å²) in [5.41, 5.74) is 0. The topological polar surface area (TPSA) is 63.9 Å². The average molecular weight is 371 g/mol. The Morgan fingerprint density at radius 3 is 2.58 bits per heavy atom. The molecule has 1 rings (SSSR count). The van der Waals surface area contributed by atoms with E-state index >= 15 is 0 Å².